The Balaban J connectivity index is 2.37. The lowest BCUT2D eigenvalue weighted by atomic mass is 9.83. The molecule has 0 aliphatic carbocycles. The Hall–Kier alpha value is -1.38. The number of ether oxygens (including phenoxy) is 4. The Morgan fingerprint density at radius 1 is 0.917 bits per heavy atom. The molecule has 2 saturated heterocycles. The number of hydrogen-bond acceptors (Lipinski definition) is 10. The van der Waals surface area contributed by atoms with Crippen molar-refractivity contribution in [1.82, 2.24) is 5.32 Å². The number of hydrogen-bond donors (Lipinski definition) is 6. The molecule has 0 saturated carbocycles. The molecule has 6 N–H and O–H groups in total. The molecule has 36 heavy (non-hydrogen) atoms. The zero-order chi connectivity index (χ0) is 27.2. The molecule has 2 aliphatic rings. The predicted molar refractivity (Wildman–Crippen MR) is 126 cm³/mol. The number of aliphatic hydroxyl groups excluding tert-OH is 4. The average molecular weight is 522 g/mol. The molecule has 0 radical (unpaired) electrons. The summed E-state index contributed by atoms with van der Waals surface area (Å²) < 4.78 is 23.2. The zero-order valence-corrected chi connectivity index (χ0v) is 21.6. The third-order valence-corrected chi connectivity index (χ3v) is 7.16. The van der Waals surface area contributed by atoms with Crippen molar-refractivity contribution in [3.8, 4) is 0 Å². The molecule has 0 bridgehead atoms. The fourth-order valence-electron chi connectivity index (χ4n) is 5.01. The van der Waals surface area contributed by atoms with Gasteiger partial charge in [-0.3, -0.25) is 4.79 Å². The Morgan fingerprint density at radius 3 is 2.00 bits per heavy atom. The second kappa shape index (κ2) is 14.0. The third kappa shape index (κ3) is 6.93. The molecule has 0 aromatic heterocycles. The van der Waals surface area contributed by atoms with Crippen molar-refractivity contribution in [2.24, 2.45) is 5.92 Å². The van der Waals surface area contributed by atoms with Crippen molar-refractivity contribution in [3.05, 3.63) is 0 Å². The van der Waals surface area contributed by atoms with Crippen LogP contribution in [0.4, 0.5) is 0 Å². The van der Waals surface area contributed by atoms with Crippen molar-refractivity contribution in [2.45, 2.75) is 128 Å². The number of amides is 1. The number of carboxylic acids is 1. The van der Waals surface area contributed by atoms with Gasteiger partial charge >= 0.3 is 5.97 Å². The summed E-state index contributed by atoms with van der Waals surface area (Å²) in [5.74, 6) is -1.91. The Kier molecular flexibility index (Phi) is 12.0. The van der Waals surface area contributed by atoms with Crippen molar-refractivity contribution >= 4 is 11.9 Å². The van der Waals surface area contributed by atoms with E-state index < -0.39 is 79.6 Å². The molecule has 2 aliphatic heterocycles. The molecule has 9 unspecified atom stereocenters. The van der Waals surface area contributed by atoms with Crippen LogP contribution >= 0.6 is 0 Å². The molecule has 1 amide bonds. The van der Waals surface area contributed by atoms with Gasteiger partial charge in [0.2, 0.25) is 5.91 Å². The average Bonchev–Trinajstić information content (AvgIpc) is 2.84. The van der Waals surface area contributed by atoms with Crippen molar-refractivity contribution in [1.29, 1.82) is 0 Å². The van der Waals surface area contributed by atoms with E-state index in [9.17, 15) is 35.1 Å². The van der Waals surface area contributed by atoms with Crippen LogP contribution in [0.2, 0.25) is 0 Å². The van der Waals surface area contributed by atoms with Crippen molar-refractivity contribution < 1.29 is 54.1 Å². The molecule has 2 heterocycles. The largest absolute Gasteiger partial charge is 0.479 e. The summed E-state index contributed by atoms with van der Waals surface area (Å²) in [5.41, 5.74) is 0. The summed E-state index contributed by atoms with van der Waals surface area (Å²) >= 11 is 0. The second-order valence-electron chi connectivity index (χ2n) is 9.50. The fourth-order valence-corrected chi connectivity index (χ4v) is 5.01. The van der Waals surface area contributed by atoms with Gasteiger partial charge in [-0.2, -0.15) is 0 Å². The van der Waals surface area contributed by atoms with Gasteiger partial charge in [-0.25, -0.2) is 4.79 Å². The molecule has 0 aromatic carbocycles. The van der Waals surface area contributed by atoms with E-state index in [0.717, 1.165) is 0 Å². The number of carbonyl (C=O) groups is 2. The fraction of sp³-hybridized carbons (Fsp3) is 0.917. The van der Waals surface area contributed by atoms with E-state index in [1.54, 1.807) is 0 Å². The molecule has 210 valence electrons. The van der Waals surface area contributed by atoms with E-state index in [4.69, 9.17) is 18.9 Å². The van der Waals surface area contributed by atoms with Crippen LogP contribution in [0.25, 0.3) is 0 Å². The number of carbonyl (C=O) groups excluding carboxylic acids is 1. The number of carboxylic acid groups (broad SMARTS) is 1. The zero-order valence-electron chi connectivity index (χ0n) is 21.6. The minimum atomic E-state index is -1.72. The maximum Gasteiger partial charge on any atom is 0.335 e. The highest BCUT2D eigenvalue weighted by Gasteiger charge is 2.54. The smallest absolute Gasteiger partial charge is 0.335 e. The summed E-state index contributed by atoms with van der Waals surface area (Å²) in [6.45, 7) is 8.35. The van der Waals surface area contributed by atoms with Gasteiger partial charge < -0.3 is 49.8 Å². The SMILES string of the molecule is CCC(CC)OC1C(C(=O)O)OC(OC2C(NC(C)=O)C(C(CC)CC)OC(CO)[C@H]2O)C(O)C1O. The molecule has 10 atom stereocenters. The third-order valence-electron chi connectivity index (χ3n) is 7.16. The van der Waals surface area contributed by atoms with E-state index in [1.807, 2.05) is 27.7 Å². The minimum absolute atomic E-state index is 0.0677. The first-order valence-corrected chi connectivity index (χ1v) is 12.8. The van der Waals surface area contributed by atoms with Crippen LogP contribution in [-0.4, -0.2) is 111 Å². The Bertz CT molecular complexity index is 702. The van der Waals surface area contributed by atoms with Crippen LogP contribution in [0.1, 0.15) is 60.3 Å². The first-order valence-electron chi connectivity index (χ1n) is 12.8. The van der Waals surface area contributed by atoms with Crippen LogP contribution in [0.15, 0.2) is 0 Å². The summed E-state index contributed by atoms with van der Waals surface area (Å²) in [6, 6.07) is -0.903. The van der Waals surface area contributed by atoms with Gasteiger partial charge in [0.1, 0.15) is 36.6 Å². The van der Waals surface area contributed by atoms with Crippen molar-refractivity contribution in [2.75, 3.05) is 6.61 Å². The van der Waals surface area contributed by atoms with Crippen molar-refractivity contribution in [3.63, 3.8) is 0 Å². The molecular weight excluding hydrogens is 478 g/mol. The number of aliphatic carboxylic acids is 1. The summed E-state index contributed by atoms with van der Waals surface area (Å²) in [5, 5.41) is 54.9. The monoisotopic (exact) mass is 521 g/mol. The van der Waals surface area contributed by atoms with Gasteiger partial charge in [-0.15, -0.1) is 0 Å². The first kappa shape index (κ1) is 30.8. The van der Waals surface area contributed by atoms with Crippen LogP contribution in [0.3, 0.4) is 0 Å². The normalized spacial score (nSPS) is 37.3. The summed E-state index contributed by atoms with van der Waals surface area (Å²) in [6.07, 6.45) is -10.3. The highest BCUT2D eigenvalue weighted by molar-refractivity contribution is 5.74. The molecule has 0 aromatic rings. The van der Waals surface area contributed by atoms with Crippen LogP contribution in [0, 0.1) is 5.92 Å². The highest BCUT2D eigenvalue weighted by Crippen LogP contribution is 2.34. The maximum atomic E-state index is 12.0. The second-order valence-corrected chi connectivity index (χ2v) is 9.50. The summed E-state index contributed by atoms with van der Waals surface area (Å²) in [4.78, 5) is 24.0. The van der Waals surface area contributed by atoms with Crippen LogP contribution in [0.5, 0.6) is 0 Å². The van der Waals surface area contributed by atoms with Gasteiger partial charge in [-0.05, 0) is 18.8 Å². The molecule has 12 heteroatoms. The van der Waals surface area contributed by atoms with E-state index in [0.29, 0.717) is 25.7 Å². The summed E-state index contributed by atoms with van der Waals surface area (Å²) in [7, 11) is 0. The minimum Gasteiger partial charge on any atom is -0.479 e. The van der Waals surface area contributed by atoms with Gasteiger partial charge in [0.15, 0.2) is 12.4 Å². The lowest BCUT2D eigenvalue weighted by molar-refractivity contribution is -0.334. The van der Waals surface area contributed by atoms with Gasteiger partial charge in [-0.1, -0.05) is 40.5 Å². The molecule has 12 nitrogen and oxygen atoms in total. The molecular formula is C24H43NO11. The molecule has 2 rings (SSSR count). The van der Waals surface area contributed by atoms with E-state index >= 15 is 0 Å². The molecule has 2 fully saturated rings. The van der Waals surface area contributed by atoms with Gasteiger partial charge in [0.05, 0.1) is 24.9 Å². The van der Waals surface area contributed by atoms with Gasteiger partial charge in [0.25, 0.3) is 0 Å². The highest BCUT2D eigenvalue weighted by atomic mass is 16.7. The standard InChI is InChI=1S/C24H43NO11/c1-6-12(7-2)19-15(25-11(5)27)20(16(28)14(10-26)34-19)35-24-18(30)17(29)21(22(36-24)23(31)32)33-13(8-3)9-4/h12-22,24,26,28-30H,6-10H2,1-5H3,(H,25,27)(H,31,32)/t14?,15?,16-,17?,18?,19?,20?,21?,22?,24?/m1/s1. The molecule has 0 spiro atoms. The van der Waals surface area contributed by atoms with Crippen LogP contribution < -0.4 is 5.32 Å². The van der Waals surface area contributed by atoms with Gasteiger partial charge in [0, 0.05) is 6.92 Å². The van der Waals surface area contributed by atoms with E-state index in [2.05, 4.69) is 5.32 Å². The lowest BCUT2D eigenvalue weighted by Gasteiger charge is -2.49. The lowest BCUT2D eigenvalue weighted by Crippen LogP contribution is -2.69. The maximum absolute atomic E-state index is 12.0. The quantitative estimate of drug-likeness (QED) is 0.195. The number of aliphatic hydroxyl groups is 4. The topological polar surface area (TPSA) is 184 Å². The van der Waals surface area contributed by atoms with E-state index in [-0.39, 0.29) is 12.0 Å². The Labute approximate surface area is 211 Å². The first-order chi connectivity index (χ1) is 17.0. The van der Waals surface area contributed by atoms with E-state index in [1.165, 1.54) is 6.92 Å². The number of nitrogens with one attached hydrogen (secondary N) is 1. The Morgan fingerprint density at radius 2 is 1.53 bits per heavy atom. The van der Waals surface area contributed by atoms with Crippen LogP contribution in [-0.2, 0) is 28.5 Å². The predicted octanol–water partition coefficient (Wildman–Crippen LogP) is -0.462. The number of rotatable bonds is 12.